The van der Waals surface area contributed by atoms with Crippen molar-refractivity contribution in [3.05, 3.63) is 30.6 Å². The Hall–Kier alpha value is -1.92. The Labute approximate surface area is 123 Å². The smallest absolute Gasteiger partial charge is 0.159 e. The highest BCUT2D eigenvalue weighted by Gasteiger charge is 2.14. The van der Waals surface area contributed by atoms with E-state index in [9.17, 15) is 0 Å². The maximum Gasteiger partial charge on any atom is 0.159 e. The predicted octanol–water partition coefficient (Wildman–Crippen LogP) is 2.39. The molecule has 21 heavy (non-hydrogen) atoms. The Kier molecular flexibility index (Phi) is 4.81. The lowest BCUT2D eigenvalue weighted by Gasteiger charge is -2.22. The average Bonchev–Trinajstić information content (AvgIpc) is 3.07. The number of hydrogen-bond donors (Lipinski definition) is 1. The molecule has 6 heteroatoms. The molecule has 1 fully saturated rings. The van der Waals surface area contributed by atoms with Crippen molar-refractivity contribution in [1.82, 2.24) is 15.2 Å². The van der Waals surface area contributed by atoms with E-state index in [4.69, 9.17) is 14.2 Å². The molecule has 0 aliphatic carbocycles. The molecule has 0 spiro atoms. The highest BCUT2D eigenvalue weighted by atomic mass is 16.7. The topological polar surface area (TPSA) is 69.3 Å². The summed E-state index contributed by atoms with van der Waals surface area (Å²) in [6.07, 6.45) is 4.66. The Morgan fingerprint density at radius 2 is 2.19 bits per heavy atom. The number of para-hydroxylation sites is 1. The van der Waals surface area contributed by atoms with Gasteiger partial charge in [-0.05, 0) is 31.4 Å². The zero-order valence-corrected chi connectivity index (χ0v) is 11.8. The fourth-order valence-corrected chi connectivity index (χ4v) is 2.30. The zero-order chi connectivity index (χ0) is 14.3. The van der Waals surface area contributed by atoms with Crippen LogP contribution >= 0.6 is 0 Å². The van der Waals surface area contributed by atoms with Gasteiger partial charge in [0.05, 0.1) is 12.2 Å². The maximum atomic E-state index is 5.78. The van der Waals surface area contributed by atoms with Crippen molar-refractivity contribution in [2.24, 2.45) is 0 Å². The first kappa shape index (κ1) is 14.0. The number of benzene rings is 1. The van der Waals surface area contributed by atoms with Gasteiger partial charge < -0.3 is 14.2 Å². The Balaban J connectivity index is 1.51. The molecular weight excluding hydrogens is 270 g/mol. The number of hydrogen-bond acceptors (Lipinski definition) is 5. The summed E-state index contributed by atoms with van der Waals surface area (Å²) in [5, 5.41) is 6.71. The van der Waals surface area contributed by atoms with E-state index in [0.29, 0.717) is 19.0 Å². The molecule has 112 valence electrons. The lowest BCUT2D eigenvalue weighted by Crippen LogP contribution is -2.24. The summed E-state index contributed by atoms with van der Waals surface area (Å²) in [6.45, 7) is 1.78. The molecule has 0 radical (unpaired) electrons. The minimum absolute atomic E-state index is 0.0770. The van der Waals surface area contributed by atoms with E-state index in [1.54, 1.807) is 0 Å². The molecule has 1 aromatic carbocycles. The van der Waals surface area contributed by atoms with Crippen LogP contribution < -0.4 is 4.74 Å². The van der Waals surface area contributed by atoms with Crippen LogP contribution in [0.4, 0.5) is 0 Å². The summed E-state index contributed by atoms with van der Waals surface area (Å²) in [4.78, 5) is 4.15. The first-order valence-electron chi connectivity index (χ1n) is 7.24. The third-order valence-corrected chi connectivity index (χ3v) is 3.34. The van der Waals surface area contributed by atoms with Gasteiger partial charge in [0.2, 0.25) is 0 Å². The van der Waals surface area contributed by atoms with Crippen LogP contribution in [0.1, 0.15) is 19.3 Å². The van der Waals surface area contributed by atoms with Gasteiger partial charge in [0.1, 0.15) is 18.7 Å². The second kappa shape index (κ2) is 7.19. The predicted molar refractivity (Wildman–Crippen MR) is 76.9 cm³/mol. The normalized spacial score (nSPS) is 18.6. The van der Waals surface area contributed by atoms with Crippen molar-refractivity contribution >= 4 is 0 Å². The maximum absolute atomic E-state index is 5.78. The fourth-order valence-electron chi connectivity index (χ4n) is 2.30. The SMILES string of the molecule is c1ccc(-c2ncn[nH]2)c(OCCO[C@H]2CCCCO2)c1. The molecule has 0 saturated carbocycles. The third kappa shape index (κ3) is 3.80. The molecule has 1 N–H and O–H groups in total. The molecule has 2 heterocycles. The van der Waals surface area contributed by atoms with Gasteiger partial charge in [0, 0.05) is 6.61 Å². The molecule has 1 saturated heterocycles. The molecule has 1 aromatic heterocycles. The van der Waals surface area contributed by atoms with E-state index in [-0.39, 0.29) is 6.29 Å². The molecule has 6 nitrogen and oxygen atoms in total. The molecule has 3 rings (SSSR count). The van der Waals surface area contributed by atoms with E-state index in [2.05, 4.69) is 15.2 Å². The molecule has 0 unspecified atom stereocenters. The van der Waals surface area contributed by atoms with Crippen molar-refractivity contribution in [3.8, 4) is 17.1 Å². The van der Waals surface area contributed by atoms with Crippen LogP contribution in [-0.2, 0) is 9.47 Å². The molecule has 1 aliphatic heterocycles. The van der Waals surface area contributed by atoms with Crippen LogP contribution in [0.25, 0.3) is 11.4 Å². The largest absolute Gasteiger partial charge is 0.490 e. The van der Waals surface area contributed by atoms with Crippen LogP contribution in [0.2, 0.25) is 0 Å². The molecule has 0 bridgehead atoms. The van der Waals surface area contributed by atoms with Crippen molar-refractivity contribution < 1.29 is 14.2 Å². The van der Waals surface area contributed by atoms with Gasteiger partial charge in [0.25, 0.3) is 0 Å². The number of nitrogens with one attached hydrogen (secondary N) is 1. The number of aromatic amines is 1. The van der Waals surface area contributed by atoms with Gasteiger partial charge in [-0.25, -0.2) is 4.98 Å². The number of rotatable bonds is 6. The molecular formula is C15H19N3O3. The summed E-state index contributed by atoms with van der Waals surface area (Å²) < 4.78 is 16.9. The van der Waals surface area contributed by atoms with Crippen molar-refractivity contribution in [2.75, 3.05) is 19.8 Å². The first-order valence-corrected chi connectivity index (χ1v) is 7.24. The zero-order valence-electron chi connectivity index (χ0n) is 11.8. The summed E-state index contributed by atoms with van der Waals surface area (Å²) >= 11 is 0. The summed E-state index contributed by atoms with van der Waals surface area (Å²) in [6, 6.07) is 7.73. The second-order valence-electron chi connectivity index (χ2n) is 4.85. The first-order chi connectivity index (χ1) is 10.4. The Morgan fingerprint density at radius 3 is 3.00 bits per heavy atom. The van der Waals surface area contributed by atoms with Crippen LogP contribution in [0.15, 0.2) is 30.6 Å². The molecule has 2 aromatic rings. The minimum Gasteiger partial charge on any atom is -0.490 e. The van der Waals surface area contributed by atoms with Gasteiger partial charge >= 0.3 is 0 Å². The van der Waals surface area contributed by atoms with Crippen LogP contribution in [0.5, 0.6) is 5.75 Å². The quantitative estimate of drug-likeness (QED) is 0.827. The van der Waals surface area contributed by atoms with Crippen molar-refractivity contribution in [1.29, 1.82) is 0 Å². The summed E-state index contributed by atoms with van der Waals surface area (Å²) in [5.74, 6) is 1.46. The van der Waals surface area contributed by atoms with Crippen molar-refractivity contribution in [3.63, 3.8) is 0 Å². The average molecular weight is 289 g/mol. The Morgan fingerprint density at radius 1 is 1.24 bits per heavy atom. The fraction of sp³-hybridized carbons (Fsp3) is 0.467. The lowest BCUT2D eigenvalue weighted by atomic mass is 10.2. The summed E-state index contributed by atoms with van der Waals surface area (Å²) in [7, 11) is 0. The number of ether oxygens (including phenoxy) is 3. The number of aromatic nitrogens is 3. The van der Waals surface area contributed by atoms with E-state index >= 15 is 0 Å². The molecule has 1 atom stereocenters. The van der Waals surface area contributed by atoms with E-state index < -0.39 is 0 Å². The van der Waals surface area contributed by atoms with Gasteiger partial charge in [0.15, 0.2) is 12.1 Å². The highest BCUT2D eigenvalue weighted by Crippen LogP contribution is 2.26. The second-order valence-corrected chi connectivity index (χ2v) is 4.85. The van der Waals surface area contributed by atoms with Crippen LogP contribution in [-0.4, -0.2) is 41.3 Å². The molecule has 1 aliphatic rings. The Bertz CT molecular complexity index is 539. The van der Waals surface area contributed by atoms with E-state index in [1.165, 1.54) is 12.7 Å². The van der Waals surface area contributed by atoms with E-state index in [0.717, 1.165) is 30.8 Å². The molecule has 0 amide bonds. The highest BCUT2D eigenvalue weighted by molar-refractivity contribution is 5.63. The lowest BCUT2D eigenvalue weighted by molar-refractivity contribution is -0.165. The monoisotopic (exact) mass is 289 g/mol. The van der Waals surface area contributed by atoms with Gasteiger partial charge in [-0.1, -0.05) is 12.1 Å². The van der Waals surface area contributed by atoms with Crippen LogP contribution in [0, 0.1) is 0 Å². The van der Waals surface area contributed by atoms with Gasteiger partial charge in [-0.3, -0.25) is 5.10 Å². The van der Waals surface area contributed by atoms with Gasteiger partial charge in [-0.15, -0.1) is 0 Å². The standard InChI is InChI=1S/C15H19N3O3/c1-2-6-13(12(5-1)15-16-11-17-18-15)19-9-10-21-14-7-3-4-8-20-14/h1-2,5-6,11,14H,3-4,7-10H2,(H,16,17,18)/t14-/m0/s1. The summed E-state index contributed by atoms with van der Waals surface area (Å²) in [5.41, 5.74) is 0.893. The van der Waals surface area contributed by atoms with Crippen LogP contribution in [0.3, 0.4) is 0 Å². The number of H-pyrrole nitrogens is 1. The third-order valence-electron chi connectivity index (χ3n) is 3.34. The van der Waals surface area contributed by atoms with Crippen molar-refractivity contribution in [2.45, 2.75) is 25.6 Å². The van der Waals surface area contributed by atoms with Gasteiger partial charge in [-0.2, -0.15) is 5.10 Å². The van der Waals surface area contributed by atoms with E-state index in [1.807, 2.05) is 24.3 Å². The number of nitrogens with zero attached hydrogens (tertiary/aromatic N) is 2. The minimum atomic E-state index is -0.0770.